The monoisotopic (exact) mass is 476 g/mol. The van der Waals surface area contributed by atoms with E-state index in [2.05, 4.69) is 0 Å². The van der Waals surface area contributed by atoms with Gasteiger partial charge in [-0.05, 0) is 53.9 Å². The van der Waals surface area contributed by atoms with Crippen LogP contribution in [0.4, 0.5) is 0 Å². The highest BCUT2D eigenvalue weighted by atomic mass is 16.3. The van der Waals surface area contributed by atoms with E-state index in [4.69, 9.17) is 30.0 Å². The zero-order chi connectivity index (χ0) is 37.2. The number of aryl methyl sites for hydroxylation is 2. The molecule has 176 valence electrons. The van der Waals surface area contributed by atoms with E-state index >= 15 is 0 Å². The Balaban J connectivity index is 1.69. The molecule has 5 aromatic rings. The van der Waals surface area contributed by atoms with Gasteiger partial charge >= 0.3 is 0 Å². The second-order valence-electron chi connectivity index (χ2n) is 9.01. The Kier molecular flexibility index (Phi) is 2.46. The average molecular weight is 477 g/mol. The number of fused-ring (bicyclic) bond motifs is 6. The SMILES string of the molecule is [2H]C([2H])([2H])CC1(C([2H])([2H])C([2H])([2H])[2H])c2ccccc2-c2cc3c(nc21)oc1c(-c2cc(C([2H])(C([2H])([2H])[2H])C([2H])([2H])[2H])cc[n+]2C)c(C)ccc13. The Labute approximate surface area is 228 Å². The van der Waals surface area contributed by atoms with E-state index in [1.807, 2.05) is 0 Å². The molecule has 0 aliphatic heterocycles. The van der Waals surface area contributed by atoms with Crippen LogP contribution in [0.15, 0.2) is 65.2 Å². The van der Waals surface area contributed by atoms with Crippen LogP contribution in [0.25, 0.3) is 44.5 Å². The summed E-state index contributed by atoms with van der Waals surface area (Å²) >= 11 is 0. The molecule has 0 saturated heterocycles. The molecule has 3 aromatic heterocycles. The number of aromatic nitrogens is 2. The smallest absolute Gasteiger partial charge is 0.227 e. The summed E-state index contributed by atoms with van der Waals surface area (Å²) < 4.78 is 132. The van der Waals surface area contributed by atoms with Gasteiger partial charge in [0.25, 0.3) is 0 Å². The number of hydrogen-bond donors (Lipinski definition) is 0. The zero-order valence-corrected chi connectivity index (χ0v) is 19.3. The van der Waals surface area contributed by atoms with Crippen molar-refractivity contribution in [3.63, 3.8) is 0 Å². The number of hydrogen-bond acceptors (Lipinski definition) is 2. The summed E-state index contributed by atoms with van der Waals surface area (Å²) in [6.45, 7) is -10.7. The lowest BCUT2D eigenvalue weighted by atomic mass is 9.76. The Morgan fingerprint density at radius 1 is 1.09 bits per heavy atom. The summed E-state index contributed by atoms with van der Waals surface area (Å²) in [5, 5.41) is 1.00. The van der Waals surface area contributed by atoms with Crippen LogP contribution >= 0.6 is 0 Å². The lowest BCUT2D eigenvalue weighted by molar-refractivity contribution is -0.660. The van der Waals surface area contributed by atoms with Gasteiger partial charge < -0.3 is 4.42 Å². The van der Waals surface area contributed by atoms with Crippen LogP contribution in [-0.2, 0) is 12.5 Å². The molecule has 2 aromatic carbocycles. The van der Waals surface area contributed by atoms with Gasteiger partial charge in [0.2, 0.25) is 11.4 Å². The fourth-order valence-corrected chi connectivity index (χ4v) is 5.25. The van der Waals surface area contributed by atoms with Crippen LogP contribution in [-0.4, -0.2) is 4.98 Å². The summed E-state index contributed by atoms with van der Waals surface area (Å²) in [6.07, 6.45) is -2.48. The topological polar surface area (TPSA) is 29.9 Å². The van der Waals surface area contributed by atoms with E-state index in [1.54, 1.807) is 54.9 Å². The second kappa shape index (κ2) is 7.78. The second-order valence-corrected chi connectivity index (χ2v) is 9.01. The predicted octanol–water partition coefficient (Wildman–Crippen LogP) is 7.99. The van der Waals surface area contributed by atoms with Gasteiger partial charge in [-0.25, -0.2) is 9.55 Å². The first kappa shape index (κ1) is 11.1. The van der Waals surface area contributed by atoms with E-state index in [0.717, 1.165) is 0 Å². The molecule has 3 heterocycles. The van der Waals surface area contributed by atoms with Crippen molar-refractivity contribution < 1.29 is 29.5 Å². The van der Waals surface area contributed by atoms with E-state index in [0.29, 0.717) is 38.7 Å². The minimum atomic E-state index is -3.25. The van der Waals surface area contributed by atoms with Gasteiger partial charge in [-0.3, -0.25) is 0 Å². The molecule has 0 N–H and O–H groups in total. The molecular weight excluding hydrogens is 428 g/mol. The molecular formula is C32H33N2O+. The van der Waals surface area contributed by atoms with Crippen molar-refractivity contribution in [3.05, 3.63) is 83.2 Å². The summed E-state index contributed by atoms with van der Waals surface area (Å²) in [5.74, 6) is -2.96. The highest BCUT2D eigenvalue weighted by Gasteiger charge is 2.42. The molecule has 0 saturated carbocycles. The fourth-order valence-electron chi connectivity index (χ4n) is 5.25. The van der Waals surface area contributed by atoms with Gasteiger partial charge in [0, 0.05) is 54.4 Å². The highest BCUT2D eigenvalue weighted by molar-refractivity contribution is 6.10. The Morgan fingerprint density at radius 3 is 2.80 bits per heavy atom. The van der Waals surface area contributed by atoms with Crippen LogP contribution in [0.1, 0.15) is 89.0 Å². The van der Waals surface area contributed by atoms with Crippen LogP contribution in [0.2, 0.25) is 0 Å². The average Bonchev–Trinajstić information content (AvgIpc) is 3.47. The van der Waals surface area contributed by atoms with Gasteiger partial charge in [0.1, 0.15) is 7.05 Å². The van der Waals surface area contributed by atoms with Crippen LogP contribution in [0, 0.1) is 6.92 Å². The highest BCUT2D eigenvalue weighted by Crippen LogP contribution is 2.53. The summed E-state index contributed by atoms with van der Waals surface area (Å²) in [6, 6.07) is 14.4. The van der Waals surface area contributed by atoms with E-state index in [-0.39, 0.29) is 28.1 Å². The minimum absolute atomic E-state index is 0.0201. The maximum atomic E-state index is 9.02. The molecule has 1 aliphatic carbocycles. The van der Waals surface area contributed by atoms with Gasteiger partial charge in [0.15, 0.2) is 11.8 Å². The third-order valence-corrected chi connectivity index (χ3v) is 7.10. The molecule has 0 bridgehead atoms. The predicted molar refractivity (Wildman–Crippen MR) is 144 cm³/mol. The lowest BCUT2D eigenvalue weighted by Gasteiger charge is -2.28. The first-order valence-electron chi connectivity index (χ1n) is 18.8. The number of pyridine rings is 2. The maximum Gasteiger partial charge on any atom is 0.227 e. The molecule has 1 aliphatic rings. The van der Waals surface area contributed by atoms with Gasteiger partial charge in [-0.15, -0.1) is 0 Å². The van der Waals surface area contributed by atoms with Gasteiger partial charge in [-0.2, -0.15) is 0 Å². The molecule has 6 rings (SSSR count). The van der Waals surface area contributed by atoms with Crippen molar-refractivity contribution >= 4 is 22.1 Å². The third-order valence-electron chi connectivity index (χ3n) is 7.10. The van der Waals surface area contributed by atoms with Crippen LogP contribution in [0.3, 0.4) is 0 Å². The maximum absolute atomic E-state index is 9.02. The Bertz CT molecular complexity index is 2160. The Morgan fingerprint density at radius 2 is 1.97 bits per heavy atom. The Hall–Kier alpha value is -3.46. The van der Waals surface area contributed by atoms with Crippen molar-refractivity contribution in [2.75, 3.05) is 0 Å². The molecule has 3 heteroatoms. The zero-order valence-electron chi connectivity index (χ0n) is 34.3. The number of benzene rings is 2. The molecule has 1 atom stereocenters. The molecule has 0 radical (unpaired) electrons. The first-order chi connectivity index (χ1) is 22.8. The van der Waals surface area contributed by atoms with E-state index in [1.165, 1.54) is 24.4 Å². The van der Waals surface area contributed by atoms with Crippen molar-refractivity contribution in [1.82, 2.24) is 4.98 Å². The number of furan rings is 1. The van der Waals surface area contributed by atoms with Crippen molar-refractivity contribution in [2.45, 2.75) is 58.4 Å². The van der Waals surface area contributed by atoms with Gasteiger partial charge in [0.05, 0.1) is 11.3 Å². The van der Waals surface area contributed by atoms with Crippen LogP contribution < -0.4 is 4.57 Å². The fraction of sp³-hybridized carbons (Fsp3) is 0.312. The third kappa shape index (κ3) is 2.97. The summed E-state index contributed by atoms with van der Waals surface area (Å²) in [7, 11) is 1.67. The van der Waals surface area contributed by atoms with Crippen molar-refractivity contribution in [3.8, 4) is 22.4 Å². The summed E-state index contributed by atoms with van der Waals surface area (Å²) in [5.41, 5.74) is 0.104. The molecule has 0 spiro atoms. The molecule has 35 heavy (non-hydrogen) atoms. The van der Waals surface area contributed by atoms with E-state index < -0.39 is 51.5 Å². The molecule has 0 amide bonds. The quantitative estimate of drug-likeness (QED) is 0.246. The largest absolute Gasteiger partial charge is 0.437 e. The molecule has 1 unspecified atom stereocenters. The first-order valence-corrected chi connectivity index (χ1v) is 11.3. The number of nitrogens with zero attached hydrogens (tertiary/aromatic N) is 2. The minimum Gasteiger partial charge on any atom is -0.437 e. The summed E-state index contributed by atoms with van der Waals surface area (Å²) in [4.78, 5) is 4.74. The lowest BCUT2D eigenvalue weighted by Crippen LogP contribution is -2.31. The van der Waals surface area contributed by atoms with Crippen molar-refractivity contribution in [1.29, 1.82) is 0 Å². The number of rotatable bonds is 4. The van der Waals surface area contributed by atoms with Crippen molar-refractivity contribution in [2.24, 2.45) is 7.05 Å². The van der Waals surface area contributed by atoms with Crippen LogP contribution in [0.5, 0.6) is 0 Å². The van der Waals surface area contributed by atoms with Gasteiger partial charge in [-0.1, -0.05) is 63.8 Å². The standard InChI is InChI=1S/C32H33N2O/c1-7-32(8-2)26-12-10-9-11-22(26)24-18-25-23-14-13-20(5)28(29(23)35-31(25)33-30(24)32)27-17-21(19(3)4)15-16-34(27)6/h9-19H,7-8H2,1-6H3/q+1/i1D3,2D3,3D3,4D3,7D2,19D. The molecule has 3 nitrogen and oxygen atoms in total. The molecule has 0 fully saturated rings. The normalized spacial score (nSPS) is 25.4. The van der Waals surface area contributed by atoms with E-state index in [9.17, 15) is 0 Å².